The van der Waals surface area contributed by atoms with E-state index in [4.69, 9.17) is 0 Å². The lowest BCUT2D eigenvalue weighted by Gasteiger charge is -2.33. The van der Waals surface area contributed by atoms with Crippen LogP contribution in [0.25, 0.3) is 0 Å². The summed E-state index contributed by atoms with van der Waals surface area (Å²) in [7, 11) is 1.86. The van der Waals surface area contributed by atoms with Crippen LogP contribution in [-0.2, 0) is 0 Å². The third-order valence-electron chi connectivity index (χ3n) is 3.24. The van der Waals surface area contributed by atoms with Crippen LogP contribution in [0, 0.1) is 5.82 Å². The lowest BCUT2D eigenvalue weighted by atomic mass is 10.0. The van der Waals surface area contributed by atoms with Gasteiger partial charge in [0.1, 0.15) is 5.82 Å². The molecule has 1 N–H and O–H groups in total. The molecule has 0 aliphatic rings. The summed E-state index contributed by atoms with van der Waals surface area (Å²) in [6.07, 6.45) is 0.309. The lowest BCUT2D eigenvalue weighted by molar-refractivity contribution is 0.0725. The van der Waals surface area contributed by atoms with Crippen molar-refractivity contribution in [3.05, 3.63) is 35.6 Å². The van der Waals surface area contributed by atoms with E-state index in [9.17, 15) is 14.3 Å². The summed E-state index contributed by atoms with van der Waals surface area (Å²) in [5, 5.41) is 9.21. The van der Waals surface area contributed by atoms with Gasteiger partial charge in [0, 0.05) is 24.1 Å². The monoisotopic (exact) mass is 253 g/mol. The van der Waals surface area contributed by atoms with Gasteiger partial charge in [0.05, 0.1) is 6.61 Å². The van der Waals surface area contributed by atoms with Crippen LogP contribution in [0.2, 0.25) is 0 Å². The second-order valence-corrected chi connectivity index (χ2v) is 5.08. The van der Waals surface area contributed by atoms with E-state index in [1.54, 1.807) is 6.07 Å². The first kappa shape index (κ1) is 14.8. The molecule has 100 valence electrons. The van der Waals surface area contributed by atoms with Gasteiger partial charge in [-0.25, -0.2) is 4.39 Å². The molecule has 4 heteroatoms. The second kappa shape index (κ2) is 6.07. The Morgan fingerprint density at radius 1 is 1.44 bits per heavy atom. The third kappa shape index (κ3) is 3.89. The van der Waals surface area contributed by atoms with Crippen molar-refractivity contribution >= 4 is 5.78 Å². The number of hydrogen-bond acceptors (Lipinski definition) is 3. The number of halogens is 1. The molecule has 0 aliphatic heterocycles. The van der Waals surface area contributed by atoms with Gasteiger partial charge in [0.2, 0.25) is 0 Å². The van der Waals surface area contributed by atoms with Crippen molar-refractivity contribution in [3.63, 3.8) is 0 Å². The fourth-order valence-electron chi connectivity index (χ4n) is 1.50. The van der Waals surface area contributed by atoms with Gasteiger partial charge in [-0.2, -0.15) is 0 Å². The topological polar surface area (TPSA) is 40.5 Å². The molecule has 0 saturated carbocycles. The van der Waals surface area contributed by atoms with Crippen LogP contribution < -0.4 is 0 Å². The third-order valence-corrected chi connectivity index (χ3v) is 3.24. The zero-order valence-electron chi connectivity index (χ0n) is 11.1. The van der Waals surface area contributed by atoms with Gasteiger partial charge in [-0.15, -0.1) is 0 Å². The Labute approximate surface area is 107 Å². The molecular formula is C14H20FNO2. The van der Waals surface area contributed by atoms with Crippen LogP contribution in [-0.4, -0.2) is 41.5 Å². The number of likely N-dealkylation sites (N-methyl/N-ethyl adjacent to an activating group) is 1. The first-order valence-electron chi connectivity index (χ1n) is 5.97. The van der Waals surface area contributed by atoms with Crippen molar-refractivity contribution in [2.45, 2.75) is 25.8 Å². The fourth-order valence-corrected chi connectivity index (χ4v) is 1.50. The van der Waals surface area contributed by atoms with Gasteiger partial charge < -0.3 is 5.11 Å². The van der Waals surface area contributed by atoms with Crippen molar-refractivity contribution in [2.24, 2.45) is 0 Å². The van der Waals surface area contributed by atoms with E-state index in [1.165, 1.54) is 18.2 Å². The highest BCUT2D eigenvalue weighted by Crippen LogP contribution is 2.13. The van der Waals surface area contributed by atoms with E-state index in [1.807, 2.05) is 25.8 Å². The molecule has 1 aromatic rings. The summed E-state index contributed by atoms with van der Waals surface area (Å²) in [6, 6.07) is 5.71. The minimum atomic E-state index is -0.398. The summed E-state index contributed by atoms with van der Waals surface area (Å²) < 4.78 is 13.0. The number of rotatable bonds is 6. The predicted octanol–water partition coefficient (Wildman–Crippen LogP) is 2.10. The summed E-state index contributed by atoms with van der Waals surface area (Å²) in [6.45, 7) is 4.36. The number of hydrogen-bond donors (Lipinski definition) is 1. The van der Waals surface area contributed by atoms with E-state index in [2.05, 4.69) is 0 Å². The fraction of sp³-hybridized carbons (Fsp3) is 0.500. The number of Topliss-reactive ketones (excluding diaryl/α,β-unsaturated/α-hetero) is 1. The second-order valence-electron chi connectivity index (χ2n) is 5.08. The Bertz CT molecular complexity index is 418. The Kier molecular flexibility index (Phi) is 4.99. The molecule has 18 heavy (non-hydrogen) atoms. The largest absolute Gasteiger partial charge is 0.394 e. The number of nitrogens with zero attached hydrogens (tertiary/aromatic N) is 1. The first-order valence-corrected chi connectivity index (χ1v) is 5.97. The van der Waals surface area contributed by atoms with E-state index in [0.717, 1.165) is 0 Å². The number of aliphatic hydroxyl groups excluding tert-OH is 1. The molecule has 0 spiro atoms. The van der Waals surface area contributed by atoms with E-state index in [0.29, 0.717) is 18.5 Å². The van der Waals surface area contributed by atoms with Gasteiger partial charge in [-0.3, -0.25) is 9.69 Å². The van der Waals surface area contributed by atoms with E-state index in [-0.39, 0.29) is 17.9 Å². The van der Waals surface area contributed by atoms with Crippen LogP contribution in [0.5, 0.6) is 0 Å². The SMILES string of the molecule is CN(CCC(=O)c1cccc(F)c1)C(C)(C)CO. The molecule has 0 unspecified atom stereocenters. The molecule has 1 rings (SSSR count). The summed E-state index contributed by atoms with van der Waals surface area (Å²) >= 11 is 0. The lowest BCUT2D eigenvalue weighted by Crippen LogP contribution is -2.45. The van der Waals surface area contributed by atoms with Crippen molar-refractivity contribution in [3.8, 4) is 0 Å². The predicted molar refractivity (Wildman–Crippen MR) is 69.1 cm³/mol. The number of ketones is 1. The summed E-state index contributed by atoms with van der Waals surface area (Å²) in [5.41, 5.74) is 0.0348. The molecule has 0 saturated heterocycles. The highest BCUT2D eigenvalue weighted by molar-refractivity contribution is 5.96. The number of carbonyl (C=O) groups is 1. The average Bonchev–Trinajstić information content (AvgIpc) is 2.35. The van der Waals surface area contributed by atoms with Crippen LogP contribution >= 0.6 is 0 Å². The molecule has 0 fully saturated rings. The summed E-state index contributed by atoms with van der Waals surface area (Å²) in [4.78, 5) is 13.8. The van der Waals surface area contributed by atoms with Crippen LogP contribution in [0.3, 0.4) is 0 Å². The van der Waals surface area contributed by atoms with Crippen molar-refractivity contribution in [1.82, 2.24) is 4.90 Å². The van der Waals surface area contributed by atoms with E-state index < -0.39 is 5.82 Å². The average molecular weight is 253 g/mol. The van der Waals surface area contributed by atoms with Crippen molar-refractivity contribution in [1.29, 1.82) is 0 Å². The van der Waals surface area contributed by atoms with Gasteiger partial charge in [-0.1, -0.05) is 12.1 Å². The first-order chi connectivity index (χ1) is 8.36. The molecule has 0 aliphatic carbocycles. The van der Waals surface area contributed by atoms with Gasteiger partial charge in [0.15, 0.2) is 5.78 Å². The Morgan fingerprint density at radius 3 is 2.67 bits per heavy atom. The molecule has 0 heterocycles. The quantitative estimate of drug-likeness (QED) is 0.789. The zero-order valence-corrected chi connectivity index (χ0v) is 11.1. The Balaban J connectivity index is 2.57. The molecule has 0 atom stereocenters. The van der Waals surface area contributed by atoms with Gasteiger partial charge in [0.25, 0.3) is 0 Å². The number of aliphatic hydroxyl groups is 1. The highest BCUT2D eigenvalue weighted by Gasteiger charge is 2.22. The molecule has 0 bridgehead atoms. The Morgan fingerprint density at radius 2 is 2.11 bits per heavy atom. The van der Waals surface area contributed by atoms with Crippen molar-refractivity contribution in [2.75, 3.05) is 20.2 Å². The standard InChI is InChI=1S/C14H20FNO2/c1-14(2,10-17)16(3)8-7-13(18)11-5-4-6-12(15)9-11/h4-6,9,17H,7-8,10H2,1-3H3. The number of benzene rings is 1. The molecule has 0 aromatic heterocycles. The smallest absolute Gasteiger partial charge is 0.164 e. The van der Waals surface area contributed by atoms with E-state index >= 15 is 0 Å². The summed E-state index contributed by atoms with van der Waals surface area (Å²) in [5.74, 6) is -0.486. The van der Waals surface area contributed by atoms with Crippen molar-refractivity contribution < 1.29 is 14.3 Å². The molecular weight excluding hydrogens is 233 g/mol. The molecule has 3 nitrogen and oxygen atoms in total. The highest BCUT2D eigenvalue weighted by atomic mass is 19.1. The van der Waals surface area contributed by atoms with Gasteiger partial charge >= 0.3 is 0 Å². The molecule has 0 amide bonds. The maximum Gasteiger partial charge on any atom is 0.164 e. The van der Waals surface area contributed by atoms with Crippen LogP contribution in [0.4, 0.5) is 4.39 Å². The molecule has 1 aromatic carbocycles. The Hall–Kier alpha value is -1.26. The van der Waals surface area contributed by atoms with Crippen LogP contribution in [0.1, 0.15) is 30.6 Å². The maximum absolute atomic E-state index is 13.0. The maximum atomic E-state index is 13.0. The minimum absolute atomic E-state index is 0.0255. The molecule has 0 radical (unpaired) electrons. The minimum Gasteiger partial charge on any atom is -0.394 e. The number of carbonyl (C=O) groups excluding carboxylic acids is 1. The van der Waals surface area contributed by atoms with Gasteiger partial charge in [-0.05, 0) is 33.0 Å². The normalized spacial score (nSPS) is 11.9. The van der Waals surface area contributed by atoms with Crippen LogP contribution in [0.15, 0.2) is 24.3 Å². The zero-order chi connectivity index (χ0) is 13.8.